The number of aryl methyl sites for hydroxylation is 1. The Bertz CT molecular complexity index is 722. The highest BCUT2D eigenvalue weighted by molar-refractivity contribution is 5.99. The summed E-state index contributed by atoms with van der Waals surface area (Å²) in [6.07, 6.45) is 0. The van der Waals surface area contributed by atoms with Crippen molar-refractivity contribution in [3.63, 3.8) is 0 Å². The average Bonchev–Trinajstić information content (AvgIpc) is 2.52. The zero-order valence-electron chi connectivity index (χ0n) is 13.5. The van der Waals surface area contributed by atoms with E-state index < -0.39 is 4.92 Å². The van der Waals surface area contributed by atoms with Crippen LogP contribution in [-0.4, -0.2) is 17.3 Å². The number of nitrogens with one attached hydrogen (secondary N) is 1. The summed E-state index contributed by atoms with van der Waals surface area (Å²) in [6, 6.07) is 11.7. The first-order chi connectivity index (χ1) is 10.9. The van der Waals surface area contributed by atoms with Gasteiger partial charge in [-0.3, -0.25) is 14.9 Å². The summed E-state index contributed by atoms with van der Waals surface area (Å²) in [5.41, 5.74) is 3.81. The number of nitrogens with zero attached hydrogens (tertiary/aromatic N) is 1. The van der Waals surface area contributed by atoms with E-state index in [9.17, 15) is 14.9 Å². The lowest BCUT2D eigenvalue weighted by molar-refractivity contribution is -0.384. The van der Waals surface area contributed by atoms with E-state index in [4.69, 9.17) is 0 Å². The lowest BCUT2D eigenvalue weighted by atomic mass is 9.97. The van der Waals surface area contributed by atoms with Crippen molar-refractivity contribution in [1.82, 2.24) is 0 Å². The molecular formula is C18H20N2O3. The van der Waals surface area contributed by atoms with Crippen molar-refractivity contribution >= 4 is 17.2 Å². The molecule has 0 aliphatic rings. The number of nitro groups is 1. The van der Waals surface area contributed by atoms with E-state index in [1.54, 1.807) is 0 Å². The van der Waals surface area contributed by atoms with Crippen LogP contribution in [0.3, 0.4) is 0 Å². The van der Waals surface area contributed by atoms with Gasteiger partial charge in [-0.25, -0.2) is 0 Å². The molecule has 2 aromatic rings. The van der Waals surface area contributed by atoms with E-state index in [1.165, 1.54) is 35.4 Å². The first-order valence-corrected chi connectivity index (χ1v) is 7.50. The van der Waals surface area contributed by atoms with Crippen LogP contribution in [0.25, 0.3) is 0 Å². The Morgan fingerprint density at radius 3 is 2.35 bits per heavy atom. The van der Waals surface area contributed by atoms with E-state index in [0.717, 1.165) is 5.69 Å². The lowest BCUT2D eigenvalue weighted by Crippen LogP contribution is -2.14. The minimum absolute atomic E-state index is 0.0191. The Hall–Kier alpha value is -2.69. The number of anilines is 1. The maximum Gasteiger partial charge on any atom is 0.269 e. The Balaban J connectivity index is 2.01. The summed E-state index contributed by atoms with van der Waals surface area (Å²) in [5, 5.41) is 13.7. The fraction of sp³-hybridized carbons (Fsp3) is 0.278. The molecule has 0 atom stereocenters. The largest absolute Gasteiger partial charge is 0.378 e. The molecule has 0 aromatic heterocycles. The van der Waals surface area contributed by atoms with Crippen molar-refractivity contribution in [2.45, 2.75) is 26.7 Å². The topological polar surface area (TPSA) is 72.2 Å². The Labute approximate surface area is 135 Å². The summed E-state index contributed by atoms with van der Waals surface area (Å²) in [5.74, 6) is 0.358. The molecule has 5 heteroatoms. The van der Waals surface area contributed by atoms with Crippen molar-refractivity contribution in [3.8, 4) is 0 Å². The molecule has 0 spiro atoms. The Morgan fingerprint density at radius 2 is 1.83 bits per heavy atom. The SMILES string of the molecule is Cc1cc(NCC(=O)c2ccc([N+](=O)[O-])cc2)ccc1C(C)C. The average molecular weight is 312 g/mol. The second-order valence-corrected chi connectivity index (χ2v) is 5.81. The zero-order valence-corrected chi connectivity index (χ0v) is 13.5. The van der Waals surface area contributed by atoms with Crippen LogP contribution in [-0.2, 0) is 0 Å². The predicted molar refractivity (Wildman–Crippen MR) is 91.2 cm³/mol. The number of non-ortho nitro benzene ring substituents is 1. The highest BCUT2D eigenvalue weighted by atomic mass is 16.6. The summed E-state index contributed by atoms with van der Waals surface area (Å²) in [7, 11) is 0. The zero-order chi connectivity index (χ0) is 17.0. The smallest absolute Gasteiger partial charge is 0.269 e. The molecule has 0 amide bonds. The summed E-state index contributed by atoms with van der Waals surface area (Å²) < 4.78 is 0. The summed E-state index contributed by atoms with van der Waals surface area (Å²) in [6.45, 7) is 6.50. The monoisotopic (exact) mass is 312 g/mol. The van der Waals surface area contributed by atoms with Crippen molar-refractivity contribution < 1.29 is 9.72 Å². The van der Waals surface area contributed by atoms with Gasteiger partial charge in [-0.1, -0.05) is 19.9 Å². The molecule has 0 aliphatic carbocycles. The van der Waals surface area contributed by atoms with Crippen LogP contribution in [0.15, 0.2) is 42.5 Å². The van der Waals surface area contributed by atoms with Crippen molar-refractivity contribution in [3.05, 3.63) is 69.3 Å². The van der Waals surface area contributed by atoms with Crippen molar-refractivity contribution in [1.29, 1.82) is 0 Å². The van der Waals surface area contributed by atoms with Gasteiger partial charge in [-0.2, -0.15) is 0 Å². The van der Waals surface area contributed by atoms with Gasteiger partial charge >= 0.3 is 0 Å². The molecule has 0 aliphatic heterocycles. The maximum absolute atomic E-state index is 12.1. The fourth-order valence-electron chi connectivity index (χ4n) is 2.49. The second kappa shape index (κ2) is 7.05. The van der Waals surface area contributed by atoms with Crippen LogP contribution in [0.4, 0.5) is 11.4 Å². The molecule has 5 nitrogen and oxygen atoms in total. The molecule has 0 radical (unpaired) electrons. The van der Waals surface area contributed by atoms with Crippen LogP contribution < -0.4 is 5.32 Å². The molecule has 0 bridgehead atoms. The fourth-order valence-corrected chi connectivity index (χ4v) is 2.49. The number of carbonyl (C=O) groups excluding carboxylic acids is 1. The molecule has 0 fully saturated rings. The molecule has 23 heavy (non-hydrogen) atoms. The van der Waals surface area contributed by atoms with E-state index >= 15 is 0 Å². The predicted octanol–water partition coefficient (Wildman–Crippen LogP) is 4.32. The maximum atomic E-state index is 12.1. The Morgan fingerprint density at radius 1 is 1.17 bits per heavy atom. The van der Waals surface area contributed by atoms with Gasteiger partial charge in [0.05, 0.1) is 11.5 Å². The van der Waals surface area contributed by atoms with Gasteiger partial charge in [-0.15, -0.1) is 0 Å². The van der Waals surface area contributed by atoms with E-state index in [2.05, 4.69) is 32.2 Å². The standard InChI is InChI=1S/C18H20N2O3/c1-12(2)17-9-6-15(10-13(17)3)19-11-18(21)14-4-7-16(8-5-14)20(22)23/h4-10,12,19H,11H2,1-3H3. The number of benzene rings is 2. The van der Waals surface area contributed by atoms with Crippen LogP contribution in [0, 0.1) is 17.0 Å². The highest BCUT2D eigenvalue weighted by Gasteiger charge is 2.10. The molecule has 0 saturated heterocycles. The van der Waals surface area contributed by atoms with Gasteiger partial charge in [0.2, 0.25) is 0 Å². The van der Waals surface area contributed by atoms with Gasteiger partial charge in [0.15, 0.2) is 5.78 Å². The van der Waals surface area contributed by atoms with Crippen molar-refractivity contribution in [2.75, 3.05) is 11.9 Å². The molecule has 0 saturated carbocycles. The van der Waals surface area contributed by atoms with Gasteiger partial charge in [0.25, 0.3) is 5.69 Å². The van der Waals surface area contributed by atoms with Gasteiger partial charge < -0.3 is 5.32 Å². The Kier molecular flexibility index (Phi) is 5.11. The van der Waals surface area contributed by atoms with E-state index in [0.29, 0.717) is 11.5 Å². The first-order valence-electron chi connectivity index (χ1n) is 7.50. The third-order valence-electron chi connectivity index (χ3n) is 3.74. The molecule has 120 valence electrons. The third-order valence-corrected chi connectivity index (χ3v) is 3.74. The van der Waals surface area contributed by atoms with Crippen molar-refractivity contribution in [2.24, 2.45) is 0 Å². The normalized spacial score (nSPS) is 10.6. The van der Waals surface area contributed by atoms with Crippen LogP contribution in [0.1, 0.15) is 41.3 Å². The minimum atomic E-state index is -0.481. The number of ketones is 1. The summed E-state index contributed by atoms with van der Waals surface area (Å²) >= 11 is 0. The molecule has 2 aromatic carbocycles. The van der Waals surface area contributed by atoms with Crippen LogP contribution in [0.5, 0.6) is 0 Å². The number of carbonyl (C=O) groups is 1. The number of Topliss-reactive ketones (excluding diaryl/α,β-unsaturated/α-hetero) is 1. The third kappa shape index (κ3) is 4.16. The molecular weight excluding hydrogens is 292 g/mol. The lowest BCUT2D eigenvalue weighted by Gasteiger charge is -2.12. The van der Waals surface area contributed by atoms with Crippen LogP contribution >= 0.6 is 0 Å². The quantitative estimate of drug-likeness (QED) is 0.490. The molecule has 0 heterocycles. The molecule has 2 rings (SSSR count). The number of hydrogen-bond donors (Lipinski definition) is 1. The van der Waals surface area contributed by atoms with Gasteiger partial charge in [-0.05, 0) is 48.2 Å². The first kappa shape index (κ1) is 16.7. The van der Waals surface area contributed by atoms with Gasteiger partial charge in [0, 0.05) is 23.4 Å². The second-order valence-electron chi connectivity index (χ2n) is 5.81. The van der Waals surface area contributed by atoms with E-state index in [1.807, 2.05) is 12.1 Å². The molecule has 1 N–H and O–H groups in total. The summed E-state index contributed by atoms with van der Waals surface area (Å²) in [4.78, 5) is 22.3. The van der Waals surface area contributed by atoms with E-state index in [-0.39, 0.29) is 18.0 Å². The van der Waals surface area contributed by atoms with Gasteiger partial charge in [0.1, 0.15) is 0 Å². The number of hydrogen-bond acceptors (Lipinski definition) is 4. The minimum Gasteiger partial charge on any atom is -0.378 e. The molecule has 0 unspecified atom stereocenters. The van der Waals surface area contributed by atoms with Crippen LogP contribution in [0.2, 0.25) is 0 Å². The number of rotatable bonds is 6. The highest BCUT2D eigenvalue weighted by Crippen LogP contribution is 2.22. The number of nitro benzene ring substituents is 1.